The molecule has 10 heteroatoms. The standard InChI is InChI=1S/C16H16F5NO4/c1-4-5-25-15(24)9(7-22(2)3)13(23)8-6-10(17)12(19)14(11(8)18)26-16(20)21/h6-7,16H,4-5H2,1-3H3. The Labute approximate surface area is 146 Å². The van der Waals surface area contributed by atoms with Crippen LogP contribution in [-0.2, 0) is 9.53 Å². The number of carbonyl (C=O) groups is 2. The average molecular weight is 381 g/mol. The normalized spacial score (nSPS) is 11.5. The molecule has 0 saturated heterocycles. The third-order valence-electron chi connectivity index (χ3n) is 2.86. The number of halogens is 5. The summed E-state index contributed by atoms with van der Waals surface area (Å²) >= 11 is 0. The fourth-order valence-corrected chi connectivity index (χ4v) is 1.82. The number of ketones is 1. The Balaban J connectivity index is 3.44. The Morgan fingerprint density at radius 3 is 2.31 bits per heavy atom. The predicted molar refractivity (Wildman–Crippen MR) is 80.3 cm³/mol. The number of hydrogen-bond acceptors (Lipinski definition) is 5. The molecule has 0 aliphatic carbocycles. The molecule has 26 heavy (non-hydrogen) atoms. The first-order valence-electron chi connectivity index (χ1n) is 7.32. The fourth-order valence-electron chi connectivity index (χ4n) is 1.82. The van der Waals surface area contributed by atoms with Crippen molar-refractivity contribution < 1.29 is 41.0 Å². The number of hydrogen-bond donors (Lipinski definition) is 0. The number of ether oxygens (including phenoxy) is 2. The van der Waals surface area contributed by atoms with Gasteiger partial charge in [0, 0.05) is 20.3 Å². The van der Waals surface area contributed by atoms with E-state index in [1.165, 1.54) is 19.0 Å². The van der Waals surface area contributed by atoms with Crippen LogP contribution in [0.15, 0.2) is 17.8 Å². The van der Waals surface area contributed by atoms with Gasteiger partial charge in [0.25, 0.3) is 0 Å². The molecule has 144 valence electrons. The van der Waals surface area contributed by atoms with Crippen molar-refractivity contribution in [2.45, 2.75) is 20.0 Å². The van der Waals surface area contributed by atoms with Gasteiger partial charge in [0.1, 0.15) is 5.57 Å². The van der Waals surface area contributed by atoms with Crippen molar-refractivity contribution in [3.05, 3.63) is 40.9 Å². The number of rotatable bonds is 8. The van der Waals surface area contributed by atoms with Crippen molar-refractivity contribution in [1.82, 2.24) is 4.90 Å². The number of nitrogens with zero attached hydrogens (tertiary/aromatic N) is 1. The molecular formula is C16H16F5NO4. The number of Topliss-reactive ketones (excluding diaryl/α,β-unsaturated/α-hetero) is 1. The molecule has 0 spiro atoms. The second-order valence-corrected chi connectivity index (χ2v) is 5.21. The van der Waals surface area contributed by atoms with E-state index in [1.807, 2.05) is 0 Å². The van der Waals surface area contributed by atoms with E-state index in [2.05, 4.69) is 4.74 Å². The monoisotopic (exact) mass is 381 g/mol. The summed E-state index contributed by atoms with van der Waals surface area (Å²) in [7, 11) is 2.88. The van der Waals surface area contributed by atoms with E-state index in [-0.39, 0.29) is 12.7 Å². The summed E-state index contributed by atoms with van der Waals surface area (Å²) in [5.41, 5.74) is -1.85. The van der Waals surface area contributed by atoms with E-state index in [9.17, 15) is 31.5 Å². The van der Waals surface area contributed by atoms with Gasteiger partial charge < -0.3 is 14.4 Å². The molecule has 1 aromatic carbocycles. The lowest BCUT2D eigenvalue weighted by molar-refractivity contribution is -0.138. The van der Waals surface area contributed by atoms with Gasteiger partial charge in [-0.15, -0.1) is 0 Å². The lowest BCUT2D eigenvalue weighted by Crippen LogP contribution is -2.21. The number of carbonyl (C=O) groups excluding carboxylic acids is 2. The van der Waals surface area contributed by atoms with E-state index in [0.717, 1.165) is 6.20 Å². The maximum absolute atomic E-state index is 14.3. The highest BCUT2D eigenvalue weighted by molar-refractivity contribution is 6.24. The molecule has 0 bridgehead atoms. The lowest BCUT2D eigenvalue weighted by atomic mass is 10.0. The predicted octanol–water partition coefficient (Wildman–Crippen LogP) is 3.29. The van der Waals surface area contributed by atoms with Crippen molar-refractivity contribution >= 4 is 11.8 Å². The highest BCUT2D eigenvalue weighted by Gasteiger charge is 2.30. The van der Waals surface area contributed by atoms with Crippen LogP contribution in [0.3, 0.4) is 0 Å². The number of esters is 1. The molecule has 0 amide bonds. The molecule has 0 saturated carbocycles. The van der Waals surface area contributed by atoms with Gasteiger partial charge in [0.2, 0.25) is 17.3 Å². The smallest absolute Gasteiger partial charge is 0.387 e. The third-order valence-corrected chi connectivity index (χ3v) is 2.86. The zero-order valence-corrected chi connectivity index (χ0v) is 14.1. The van der Waals surface area contributed by atoms with Crippen LogP contribution in [0.2, 0.25) is 0 Å². The van der Waals surface area contributed by atoms with E-state index in [4.69, 9.17) is 4.74 Å². The zero-order valence-electron chi connectivity index (χ0n) is 14.1. The Bertz CT molecular complexity index is 719. The molecule has 0 aliphatic heterocycles. The first-order chi connectivity index (χ1) is 12.1. The molecule has 0 aliphatic rings. The van der Waals surface area contributed by atoms with Crippen LogP contribution in [0.5, 0.6) is 5.75 Å². The van der Waals surface area contributed by atoms with E-state index >= 15 is 0 Å². The Morgan fingerprint density at radius 2 is 1.81 bits per heavy atom. The van der Waals surface area contributed by atoms with Gasteiger partial charge in [0.05, 0.1) is 12.2 Å². The van der Waals surface area contributed by atoms with Crippen LogP contribution in [-0.4, -0.2) is 44.0 Å². The molecule has 5 nitrogen and oxygen atoms in total. The van der Waals surface area contributed by atoms with Crippen LogP contribution in [0, 0.1) is 17.5 Å². The van der Waals surface area contributed by atoms with Crippen LogP contribution in [0.25, 0.3) is 0 Å². The molecular weight excluding hydrogens is 365 g/mol. The lowest BCUT2D eigenvalue weighted by Gasteiger charge is -2.14. The summed E-state index contributed by atoms with van der Waals surface area (Å²) in [5.74, 6) is -9.94. The Kier molecular flexibility index (Phi) is 7.54. The summed E-state index contributed by atoms with van der Waals surface area (Å²) in [5, 5.41) is 0. The molecule has 0 fully saturated rings. The van der Waals surface area contributed by atoms with Crippen molar-refractivity contribution in [2.75, 3.05) is 20.7 Å². The van der Waals surface area contributed by atoms with Gasteiger partial charge in [-0.3, -0.25) is 4.79 Å². The molecule has 1 aromatic rings. The zero-order chi connectivity index (χ0) is 20.0. The second-order valence-electron chi connectivity index (χ2n) is 5.21. The van der Waals surface area contributed by atoms with E-state index < -0.39 is 52.7 Å². The number of alkyl halides is 2. The summed E-state index contributed by atoms with van der Waals surface area (Å²) < 4.78 is 74.3. The first kappa shape index (κ1) is 21.4. The van der Waals surface area contributed by atoms with Gasteiger partial charge in [-0.1, -0.05) is 6.92 Å². The average Bonchev–Trinajstić information content (AvgIpc) is 2.56. The molecule has 1 rings (SSSR count). The van der Waals surface area contributed by atoms with Crippen molar-refractivity contribution in [2.24, 2.45) is 0 Å². The highest BCUT2D eigenvalue weighted by Crippen LogP contribution is 2.30. The second kappa shape index (κ2) is 9.16. The first-order valence-corrected chi connectivity index (χ1v) is 7.32. The Hall–Kier alpha value is -2.65. The van der Waals surface area contributed by atoms with Gasteiger partial charge in [-0.05, 0) is 12.5 Å². The van der Waals surface area contributed by atoms with Crippen molar-refractivity contribution in [1.29, 1.82) is 0 Å². The van der Waals surface area contributed by atoms with E-state index in [1.54, 1.807) is 6.92 Å². The summed E-state index contributed by atoms with van der Waals surface area (Å²) in [6.07, 6.45) is 1.41. The van der Waals surface area contributed by atoms with Crippen LogP contribution in [0.4, 0.5) is 22.0 Å². The SMILES string of the molecule is CCCOC(=O)C(=CN(C)C)C(=O)c1cc(F)c(F)c(OC(F)F)c1F. The van der Waals surface area contributed by atoms with Crippen molar-refractivity contribution in [3.63, 3.8) is 0 Å². The van der Waals surface area contributed by atoms with Crippen LogP contribution < -0.4 is 4.74 Å². The molecule has 0 atom stereocenters. The summed E-state index contributed by atoms with van der Waals surface area (Å²) in [6, 6.07) is 0.155. The van der Waals surface area contributed by atoms with Crippen molar-refractivity contribution in [3.8, 4) is 5.75 Å². The van der Waals surface area contributed by atoms with Gasteiger partial charge in [-0.2, -0.15) is 13.2 Å². The quantitative estimate of drug-likeness (QED) is 0.132. The minimum atomic E-state index is -3.66. The largest absolute Gasteiger partial charge is 0.462 e. The number of benzene rings is 1. The third kappa shape index (κ3) is 5.17. The van der Waals surface area contributed by atoms with Gasteiger partial charge >= 0.3 is 12.6 Å². The summed E-state index contributed by atoms with van der Waals surface area (Å²) in [4.78, 5) is 25.7. The minimum Gasteiger partial charge on any atom is -0.462 e. The van der Waals surface area contributed by atoms with Crippen LogP contribution >= 0.6 is 0 Å². The molecule has 0 radical (unpaired) electrons. The fraction of sp³-hybridized carbons (Fsp3) is 0.375. The maximum atomic E-state index is 14.3. The van der Waals surface area contributed by atoms with E-state index in [0.29, 0.717) is 6.42 Å². The molecule has 0 unspecified atom stereocenters. The molecule has 0 heterocycles. The summed E-state index contributed by atoms with van der Waals surface area (Å²) in [6.45, 7) is -2.01. The topological polar surface area (TPSA) is 55.8 Å². The molecule has 0 aromatic heterocycles. The van der Waals surface area contributed by atoms with Crippen LogP contribution in [0.1, 0.15) is 23.7 Å². The van der Waals surface area contributed by atoms with Gasteiger partial charge in [-0.25, -0.2) is 13.6 Å². The maximum Gasteiger partial charge on any atom is 0.387 e. The Morgan fingerprint density at radius 1 is 1.19 bits per heavy atom. The minimum absolute atomic E-state index is 0.0448. The van der Waals surface area contributed by atoms with Gasteiger partial charge in [0.15, 0.2) is 11.6 Å². The highest BCUT2D eigenvalue weighted by atomic mass is 19.3. The molecule has 0 N–H and O–H groups in total.